The smallest absolute Gasteiger partial charge is 0.407 e. The molecule has 1 rings (SSSR count). The van der Waals surface area contributed by atoms with Gasteiger partial charge in [0, 0.05) is 13.1 Å². The molecule has 0 amide bonds. The van der Waals surface area contributed by atoms with Crippen LogP contribution in [-0.4, -0.2) is 44.4 Å². The minimum Gasteiger partial charge on any atom is -0.407 e. The van der Waals surface area contributed by atoms with Crippen LogP contribution in [0.5, 0.6) is 0 Å². The highest BCUT2D eigenvalue weighted by Gasteiger charge is 2.38. The van der Waals surface area contributed by atoms with Crippen LogP contribution in [0.25, 0.3) is 0 Å². The van der Waals surface area contributed by atoms with E-state index in [-0.39, 0.29) is 24.6 Å². The van der Waals surface area contributed by atoms with Gasteiger partial charge in [-0.2, -0.15) is 0 Å². The Balaban J connectivity index is 2.66. The highest BCUT2D eigenvalue weighted by atomic mass is 16.6. The van der Waals surface area contributed by atoms with Gasteiger partial charge in [-0.05, 0) is 26.2 Å². The Labute approximate surface area is 94.3 Å². The maximum absolute atomic E-state index is 5.93. The third kappa shape index (κ3) is 4.13. The summed E-state index contributed by atoms with van der Waals surface area (Å²) >= 11 is 0. The highest BCUT2D eigenvalue weighted by molar-refractivity contribution is 6.48. The number of likely N-dealkylation sites (N-methyl/N-ethyl adjacent to an activating group) is 1. The second kappa shape index (κ2) is 4.85. The van der Waals surface area contributed by atoms with Gasteiger partial charge in [-0.15, -0.1) is 0 Å². The number of rotatable bonds is 0. The minimum atomic E-state index is -0.101. The van der Waals surface area contributed by atoms with E-state index in [0.29, 0.717) is 0 Å². The van der Waals surface area contributed by atoms with Crippen LogP contribution in [0, 0.1) is 0 Å². The molecule has 0 aromatic rings. The van der Waals surface area contributed by atoms with E-state index >= 15 is 0 Å². The fourth-order valence-electron chi connectivity index (χ4n) is 1.90. The van der Waals surface area contributed by atoms with Gasteiger partial charge in [0.15, 0.2) is 0 Å². The maximum atomic E-state index is 5.93. The Morgan fingerprint density at radius 1 is 1.07 bits per heavy atom. The summed E-state index contributed by atoms with van der Waals surface area (Å²) in [7, 11) is 2.01. The maximum Gasteiger partial charge on any atom is 0.463 e. The van der Waals surface area contributed by atoms with E-state index in [1.807, 2.05) is 0 Å². The Morgan fingerprint density at radius 2 is 1.47 bits per heavy atom. The zero-order chi connectivity index (χ0) is 11.6. The third-order valence-corrected chi connectivity index (χ3v) is 2.56. The molecule has 0 aromatic heterocycles. The van der Waals surface area contributed by atoms with Gasteiger partial charge >= 0.3 is 7.12 Å². The zero-order valence-electron chi connectivity index (χ0n) is 10.9. The predicted molar refractivity (Wildman–Crippen MR) is 64.1 cm³/mol. The standard InChI is InChI=1S/C11H24BNO2/c1-9-7-13(6)8-10(2)15-12(14-9)11(3,4)5/h9-10H,7-8H2,1-6H3. The lowest BCUT2D eigenvalue weighted by atomic mass is 9.60. The SMILES string of the molecule is CC1CN(C)CC(C)OB(C(C)(C)C)O1. The summed E-state index contributed by atoms with van der Waals surface area (Å²) in [5.74, 6) is 0. The first kappa shape index (κ1) is 13.0. The summed E-state index contributed by atoms with van der Waals surface area (Å²) in [6, 6.07) is 0. The van der Waals surface area contributed by atoms with Crippen molar-refractivity contribution in [3.05, 3.63) is 0 Å². The van der Waals surface area contributed by atoms with Gasteiger partial charge in [-0.3, -0.25) is 0 Å². The molecule has 2 unspecified atom stereocenters. The lowest BCUT2D eigenvalue weighted by molar-refractivity contribution is 0.0369. The van der Waals surface area contributed by atoms with Crippen LogP contribution in [-0.2, 0) is 9.31 Å². The molecule has 0 radical (unpaired) electrons. The molecule has 2 atom stereocenters. The van der Waals surface area contributed by atoms with Crippen molar-refractivity contribution in [2.75, 3.05) is 20.1 Å². The minimum absolute atomic E-state index is 0.0401. The summed E-state index contributed by atoms with van der Waals surface area (Å²) in [6.07, 6.45) is 0.457. The summed E-state index contributed by atoms with van der Waals surface area (Å²) in [5, 5.41) is 0.0401. The number of hydrogen-bond donors (Lipinski definition) is 0. The molecule has 1 aliphatic heterocycles. The molecule has 1 fully saturated rings. The van der Waals surface area contributed by atoms with Crippen molar-refractivity contribution >= 4 is 7.12 Å². The lowest BCUT2D eigenvalue weighted by Gasteiger charge is -2.36. The second-order valence-electron chi connectivity index (χ2n) is 5.81. The fourth-order valence-corrected chi connectivity index (χ4v) is 1.90. The Morgan fingerprint density at radius 3 is 1.80 bits per heavy atom. The first-order valence-electron chi connectivity index (χ1n) is 5.78. The topological polar surface area (TPSA) is 21.7 Å². The van der Waals surface area contributed by atoms with Gasteiger partial charge in [0.2, 0.25) is 0 Å². The highest BCUT2D eigenvalue weighted by Crippen LogP contribution is 2.30. The molecular formula is C11H24BNO2. The van der Waals surface area contributed by atoms with Crippen molar-refractivity contribution in [2.45, 2.75) is 52.1 Å². The van der Waals surface area contributed by atoms with Gasteiger partial charge in [-0.1, -0.05) is 20.8 Å². The normalized spacial score (nSPS) is 31.2. The Hall–Kier alpha value is -0.0551. The van der Waals surface area contributed by atoms with Crippen molar-refractivity contribution in [3.63, 3.8) is 0 Å². The lowest BCUT2D eigenvalue weighted by Crippen LogP contribution is -2.47. The van der Waals surface area contributed by atoms with Crippen LogP contribution >= 0.6 is 0 Å². The van der Waals surface area contributed by atoms with Crippen LogP contribution in [0.1, 0.15) is 34.6 Å². The van der Waals surface area contributed by atoms with E-state index in [0.717, 1.165) is 13.1 Å². The molecule has 88 valence electrons. The van der Waals surface area contributed by atoms with E-state index in [2.05, 4.69) is 46.6 Å². The Bertz CT molecular complexity index is 191. The van der Waals surface area contributed by atoms with Gasteiger partial charge in [0.25, 0.3) is 0 Å². The molecular weight excluding hydrogens is 189 g/mol. The fraction of sp³-hybridized carbons (Fsp3) is 1.00. The summed E-state index contributed by atoms with van der Waals surface area (Å²) in [6.45, 7) is 12.6. The first-order chi connectivity index (χ1) is 6.79. The van der Waals surface area contributed by atoms with Crippen LogP contribution in [0.4, 0.5) is 0 Å². The van der Waals surface area contributed by atoms with Gasteiger partial charge in [0.1, 0.15) is 0 Å². The molecule has 0 bridgehead atoms. The molecule has 1 saturated heterocycles. The molecule has 3 nitrogen and oxygen atoms in total. The largest absolute Gasteiger partial charge is 0.463 e. The molecule has 0 N–H and O–H groups in total. The molecule has 0 aliphatic carbocycles. The van der Waals surface area contributed by atoms with Crippen molar-refractivity contribution in [3.8, 4) is 0 Å². The Kier molecular flexibility index (Phi) is 4.21. The van der Waals surface area contributed by atoms with Crippen molar-refractivity contribution in [1.29, 1.82) is 0 Å². The van der Waals surface area contributed by atoms with Gasteiger partial charge < -0.3 is 14.2 Å². The molecule has 0 aromatic carbocycles. The monoisotopic (exact) mass is 213 g/mol. The van der Waals surface area contributed by atoms with Gasteiger partial charge in [-0.25, -0.2) is 0 Å². The van der Waals surface area contributed by atoms with E-state index in [1.54, 1.807) is 0 Å². The van der Waals surface area contributed by atoms with E-state index in [4.69, 9.17) is 9.31 Å². The summed E-state index contributed by atoms with van der Waals surface area (Å²) < 4.78 is 11.9. The predicted octanol–water partition coefficient (Wildman–Crippen LogP) is 2.03. The number of hydrogen-bond acceptors (Lipinski definition) is 3. The molecule has 0 saturated carbocycles. The van der Waals surface area contributed by atoms with Crippen LogP contribution in [0.15, 0.2) is 0 Å². The van der Waals surface area contributed by atoms with Crippen LogP contribution in [0.2, 0.25) is 5.31 Å². The summed E-state index contributed by atoms with van der Waals surface area (Å²) in [4.78, 5) is 2.26. The molecule has 0 spiro atoms. The van der Waals surface area contributed by atoms with E-state index in [9.17, 15) is 0 Å². The van der Waals surface area contributed by atoms with Crippen LogP contribution in [0.3, 0.4) is 0 Å². The van der Waals surface area contributed by atoms with Crippen LogP contribution < -0.4 is 0 Å². The second-order valence-corrected chi connectivity index (χ2v) is 5.81. The van der Waals surface area contributed by atoms with Crippen molar-refractivity contribution in [2.24, 2.45) is 0 Å². The van der Waals surface area contributed by atoms with Crippen molar-refractivity contribution < 1.29 is 9.31 Å². The first-order valence-corrected chi connectivity index (χ1v) is 5.78. The average molecular weight is 213 g/mol. The average Bonchev–Trinajstić information content (AvgIpc) is 1.97. The number of nitrogens with zero attached hydrogens (tertiary/aromatic N) is 1. The third-order valence-electron chi connectivity index (χ3n) is 2.56. The molecule has 4 heteroatoms. The molecule has 1 aliphatic rings. The molecule has 1 heterocycles. The van der Waals surface area contributed by atoms with E-state index in [1.165, 1.54) is 0 Å². The van der Waals surface area contributed by atoms with E-state index < -0.39 is 0 Å². The molecule has 15 heavy (non-hydrogen) atoms. The van der Waals surface area contributed by atoms with Gasteiger partial charge in [0.05, 0.1) is 12.2 Å². The summed E-state index contributed by atoms with van der Waals surface area (Å²) in [5.41, 5.74) is 0. The quantitative estimate of drug-likeness (QED) is 0.574. The zero-order valence-corrected chi connectivity index (χ0v) is 10.9. The van der Waals surface area contributed by atoms with Crippen molar-refractivity contribution in [1.82, 2.24) is 4.90 Å².